The standard InChI is InChI=1S/C10H16O/c1-4-9-8(3)5-7(2)6-10(9)11/h7H,4-6H2,1-3H3. The highest BCUT2D eigenvalue weighted by molar-refractivity contribution is 5.96. The quantitative estimate of drug-likeness (QED) is 0.564. The van der Waals surface area contributed by atoms with Crippen LogP contribution in [0, 0.1) is 5.92 Å². The Balaban J connectivity index is 2.86. The zero-order chi connectivity index (χ0) is 8.43. The fourth-order valence-electron chi connectivity index (χ4n) is 1.89. The number of Topliss-reactive ketones (excluding diaryl/α,β-unsaturated/α-hetero) is 1. The van der Waals surface area contributed by atoms with Crippen LogP contribution in [0.3, 0.4) is 0 Å². The highest BCUT2D eigenvalue weighted by Crippen LogP contribution is 2.27. The third-order valence-electron chi connectivity index (χ3n) is 2.39. The average Bonchev–Trinajstić information content (AvgIpc) is 1.85. The maximum atomic E-state index is 11.4. The van der Waals surface area contributed by atoms with Crippen molar-refractivity contribution in [3.8, 4) is 0 Å². The maximum absolute atomic E-state index is 11.4. The first-order chi connectivity index (χ1) is 5.15. The molecule has 0 fully saturated rings. The number of hydrogen-bond donors (Lipinski definition) is 0. The lowest BCUT2D eigenvalue weighted by Gasteiger charge is -2.20. The summed E-state index contributed by atoms with van der Waals surface area (Å²) in [4.78, 5) is 11.4. The number of carbonyl (C=O) groups excluding carboxylic acids is 1. The van der Waals surface area contributed by atoms with E-state index in [0.29, 0.717) is 11.7 Å². The minimum absolute atomic E-state index is 0.378. The molecule has 62 valence electrons. The second-order valence-electron chi connectivity index (χ2n) is 3.55. The third kappa shape index (κ3) is 1.70. The Morgan fingerprint density at radius 3 is 2.55 bits per heavy atom. The lowest BCUT2D eigenvalue weighted by atomic mass is 9.84. The van der Waals surface area contributed by atoms with E-state index in [2.05, 4.69) is 20.8 Å². The summed E-state index contributed by atoms with van der Waals surface area (Å²) in [5, 5.41) is 0. The molecule has 1 heteroatoms. The average molecular weight is 152 g/mol. The van der Waals surface area contributed by atoms with Gasteiger partial charge < -0.3 is 0 Å². The molecule has 11 heavy (non-hydrogen) atoms. The van der Waals surface area contributed by atoms with Gasteiger partial charge in [-0.1, -0.05) is 19.4 Å². The Morgan fingerprint density at radius 1 is 1.45 bits per heavy atom. The number of rotatable bonds is 1. The van der Waals surface area contributed by atoms with E-state index in [1.165, 1.54) is 5.57 Å². The van der Waals surface area contributed by atoms with Gasteiger partial charge in [-0.2, -0.15) is 0 Å². The molecule has 0 aromatic heterocycles. The molecule has 0 radical (unpaired) electrons. The minimum atomic E-state index is 0.378. The Morgan fingerprint density at radius 2 is 2.09 bits per heavy atom. The van der Waals surface area contributed by atoms with Gasteiger partial charge >= 0.3 is 0 Å². The van der Waals surface area contributed by atoms with Crippen molar-refractivity contribution in [1.82, 2.24) is 0 Å². The molecule has 0 aromatic rings. The van der Waals surface area contributed by atoms with Crippen LogP contribution in [-0.4, -0.2) is 5.78 Å². The molecule has 0 spiro atoms. The predicted octanol–water partition coefficient (Wildman–Crippen LogP) is 2.71. The summed E-state index contributed by atoms with van der Waals surface area (Å²) >= 11 is 0. The Labute approximate surface area is 68.5 Å². The minimum Gasteiger partial charge on any atom is -0.295 e. The van der Waals surface area contributed by atoms with Gasteiger partial charge in [0.15, 0.2) is 5.78 Å². The molecule has 0 saturated carbocycles. The van der Waals surface area contributed by atoms with Crippen LogP contribution in [0.2, 0.25) is 0 Å². The molecule has 1 unspecified atom stereocenters. The highest BCUT2D eigenvalue weighted by atomic mass is 16.1. The summed E-state index contributed by atoms with van der Waals surface area (Å²) < 4.78 is 0. The van der Waals surface area contributed by atoms with Gasteiger partial charge in [0.05, 0.1) is 0 Å². The highest BCUT2D eigenvalue weighted by Gasteiger charge is 2.20. The van der Waals surface area contributed by atoms with E-state index in [0.717, 1.165) is 24.8 Å². The second-order valence-corrected chi connectivity index (χ2v) is 3.55. The zero-order valence-electron chi connectivity index (χ0n) is 7.61. The van der Waals surface area contributed by atoms with Gasteiger partial charge in [-0.25, -0.2) is 0 Å². The van der Waals surface area contributed by atoms with Crippen LogP contribution in [0.15, 0.2) is 11.1 Å². The monoisotopic (exact) mass is 152 g/mol. The van der Waals surface area contributed by atoms with E-state index < -0.39 is 0 Å². The van der Waals surface area contributed by atoms with Gasteiger partial charge in [-0.3, -0.25) is 4.79 Å². The van der Waals surface area contributed by atoms with Crippen molar-refractivity contribution in [3.05, 3.63) is 11.1 Å². The summed E-state index contributed by atoms with van der Waals surface area (Å²) in [6.07, 6.45) is 2.80. The second kappa shape index (κ2) is 3.21. The number of allylic oxidation sites excluding steroid dienone is 2. The summed E-state index contributed by atoms with van der Waals surface area (Å²) in [6, 6.07) is 0. The summed E-state index contributed by atoms with van der Waals surface area (Å²) in [5.74, 6) is 0.946. The zero-order valence-corrected chi connectivity index (χ0v) is 7.61. The van der Waals surface area contributed by atoms with Crippen LogP contribution >= 0.6 is 0 Å². The third-order valence-corrected chi connectivity index (χ3v) is 2.39. The first-order valence-electron chi connectivity index (χ1n) is 4.37. The molecule has 0 aliphatic heterocycles. The lowest BCUT2D eigenvalue weighted by Crippen LogP contribution is -2.16. The van der Waals surface area contributed by atoms with E-state index in [-0.39, 0.29) is 0 Å². The predicted molar refractivity (Wildman–Crippen MR) is 46.4 cm³/mol. The van der Waals surface area contributed by atoms with Crippen LogP contribution in [0.1, 0.15) is 40.0 Å². The van der Waals surface area contributed by atoms with Crippen molar-refractivity contribution in [2.45, 2.75) is 40.0 Å². The van der Waals surface area contributed by atoms with Crippen molar-refractivity contribution in [3.63, 3.8) is 0 Å². The molecule has 1 aliphatic carbocycles. The van der Waals surface area contributed by atoms with Gasteiger partial charge in [0.1, 0.15) is 0 Å². The summed E-state index contributed by atoms with van der Waals surface area (Å²) in [5.41, 5.74) is 2.40. The fraction of sp³-hybridized carbons (Fsp3) is 0.700. The van der Waals surface area contributed by atoms with Crippen molar-refractivity contribution in [1.29, 1.82) is 0 Å². The van der Waals surface area contributed by atoms with E-state index in [1.807, 2.05) is 0 Å². The van der Waals surface area contributed by atoms with Crippen LogP contribution < -0.4 is 0 Å². The Kier molecular flexibility index (Phi) is 2.48. The van der Waals surface area contributed by atoms with Crippen molar-refractivity contribution < 1.29 is 4.79 Å². The van der Waals surface area contributed by atoms with Crippen LogP contribution in [0.5, 0.6) is 0 Å². The Hall–Kier alpha value is -0.590. The molecule has 1 atom stereocenters. The number of hydrogen-bond acceptors (Lipinski definition) is 1. The largest absolute Gasteiger partial charge is 0.295 e. The maximum Gasteiger partial charge on any atom is 0.159 e. The normalized spacial score (nSPS) is 26.1. The van der Waals surface area contributed by atoms with Crippen LogP contribution in [0.4, 0.5) is 0 Å². The smallest absolute Gasteiger partial charge is 0.159 e. The van der Waals surface area contributed by atoms with Crippen LogP contribution in [0.25, 0.3) is 0 Å². The Bertz CT molecular complexity index is 201. The van der Waals surface area contributed by atoms with Gasteiger partial charge in [0, 0.05) is 6.42 Å². The molecule has 0 amide bonds. The number of ketones is 1. The van der Waals surface area contributed by atoms with E-state index in [4.69, 9.17) is 0 Å². The van der Waals surface area contributed by atoms with Crippen molar-refractivity contribution >= 4 is 5.78 Å². The molecular weight excluding hydrogens is 136 g/mol. The van der Waals surface area contributed by atoms with Gasteiger partial charge in [0.2, 0.25) is 0 Å². The first kappa shape index (κ1) is 8.51. The molecular formula is C10H16O. The molecule has 0 N–H and O–H groups in total. The summed E-state index contributed by atoms with van der Waals surface area (Å²) in [7, 11) is 0. The summed E-state index contributed by atoms with van der Waals surface area (Å²) in [6.45, 7) is 6.30. The van der Waals surface area contributed by atoms with Gasteiger partial charge in [0.25, 0.3) is 0 Å². The molecule has 1 rings (SSSR count). The first-order valence-corrected chi connectivity index (χ1v) is 4.37. The van der Waals surface area contributed by atoms with Crippen LogP contribution in [-0.2, 0) is 4.79 Å². The topological polar surface area (TPSA) is 17.1 Å². The van der Waals surface area contributed by atoms with Gasteiger partial charge in [-0.15, -0.1) is 0 Å². The van der Waals surface area contributed by atoms with E-state index in [9.17, 15) is 4.79 Å². The van der Waals surface area contributed by atoms with Gasteiger partial charge in [-0.05, 0) is 31.3 Å². The molecule has 0 saturated heterocycles. The molecule has 0 bridgehead atoms. The van der Waals surface area contributed by atoms with Crippen molar-refractivity contribution in [2.75, 3.05) is 0 Å². The number of carbonyl (C=O) groups is 1. The lowest BCUT2D eigenvalue weighted by molar-refractivity contribution is -0.117. The fourth-order valence-corrected chi connectivity index (χ4v) is 1.89. The SMILES string of the molecule is CCC1=C(C)CC(C)CC1=O. The van der Waals surface area contributed by atoms with E-state index >= 15 is 0 Å². The molecule has 0 heterocycles. The molecule has 1 nitrogen and oxygen atoms in total. The molecule has 1 aliphatic rings. The van der Waals surface area contributed by atoms with E-state index in [1.54, 1.807) is 0 Å². The van der Waals surface area contributed by atoms with Crippen molar-refractivity contribution in [2.24, 2.45) is 5.92 Å². The molecule has 0 aromatic carbocycles.